The van der Waals surface area contributed by atoms with E-state index >= 15 is 0 Å². The maximum absolute atomic E-state index is 12.1. The SMILES string of the molecule is CN(C)C(=O)c1ccc(Cl)c(CC2CN(C(=O)OC(C)(C)C)C2)c1. The van der Waals surface area contributed by atoms with Crippen LogP contribution in [0.25, 0.3) is 0 Å². The molecule has 0 aromatic heterocycles. The van der Waals surface area contributed by atoms with Crippen LogP contribution in [0.2, 0.25) is 5.02 Å². The fraction of sp³-hybridized carbons (Fsp3) is 0.556. The molecule has 6 heteroatoms. The summed E-state index contributed by atoms with van der Waals surface area (Å²) in [6.07, 6.45) is 0.466. The summed E-state index contributed by atoms with van der Waals surface area (Å²) in [4.78, 5) is 27.3. The Morgan fingerprint density at radius 1 is 1.29 bits per heavy atom. The molecule has 0 aliphatic carbocycles. The predicted molar refractivity (Wildman–Crippen MR) is 94.5 cm³/mol. The minimum absolute atomic E-state index is 0.0445. The quantitative estimate of drug-likeness (QED) is 0.837. The van der Waals surface area contributed by atoms with Crippen LogP contribution in [0, 0.1) is 5.92 Å². The third-order valence-electron chi connectivity index (χ3n) is 3.82. The lowest BCUT2D eigenvalue weighted by molar-refractivity contribution is -0.000875. The lowest BCUT2D eigenvalue weighted by atomic mass is 9.91. The number of hydrogen-bond acceptors (Lipinski definition) is 3. The van der Waals surface area contributed by atoms with Crippen LogP contribution in [0.4, 0.5) is 4.79 Å². The Bertz CT molecular complexity index is 632. The molecule has 0 saturated carbocycles. The van der Waals surface area contributed by atoms with E-state index in [0.717, 1.165) is 12.0 Å². The smallest absolute Gasteiger partial charge is 0.410 e. The van der Waals surface area contributed by atoms with Crippen molar-refractivity contribution in [3.8, 4) is 0 Å². The van der Waals surface area contributed by atoms with Gasteiger partial charge in [0.2, 0.25) is 0 Å². The first-order valence-electron chi connectivity index (χ1n) is 8.05. The van der Waals surface area contributed by atoms with Gasteiger partial charge in [-0.3, -0.25) is 4.79 Å². The van der Waals surface area contributed by atoms with Gasteiger partial charge in [-0.15, -0.1) is 0 Å². The minimum atomic E-state index is -0.480. The minimum Gasteiger partial charge on any atom is -0.444 e. The zero-order valence-corrected chi connectivity index (χ0v) is 15.7. The number of carbonyl (C=O) groups is 2. The molecular weight excluding hydrogens is 328 g/mol. The van der Waals surface area contributed by atoms with E-state index < -0.39 is 5.60 Å². The number of halogens is 1. The highest BCUT2D eigenvalue weighted by Crippen LogP contribution is 2.27. The molecule has 2 rings (SSSR count). The molecule has 0 atom stereocenters. The second-order valence-electron chi connectivity index (χ2n) is 7.46. The molecule has 0 bridgehead atoms. The van der Waals surface area contributed by atoms with E-state index in [1.165, 1.54) is 0 Å². The molecule has 1 aromatic rings. The molecule has 1 heterocycles. The van der Waals surface area contributed by atoms with Crippen LogP contribution < -0.4 is 0 Å². The topological polar surface area (TPSA) is 49.9 Å². The monoisotopic (exact) mass is 352 g/mol. The fourth-order valence-corrected chi connectivity index (χ4v) is 2.80. The van der Waals surface area contributed by atoms with Crippen LogP contribution in [0.3, 0.4) is 0 Å². The number of nitrogens with zero attached hydrogens (tertiary/aromatic N) is 2. The molecule has 24 heavy (non-hydrogen) atoms. The largest absolute Gasteiger partial charge is 0.444 e. The average Bonchev–Trinajstić information content (AvgIpc) is 2.41. The van der Waals surface area contributed by atoms with Crippen molar-refractivity contribution in [2.75, 3.05) is 27.2 Å². The lowest BCUT2D eigenvalue weighted by Gasteiger charge is -2.40. The summed E-state index contributed by atoms with van der Waals surface area (Å²) in [5.74, 6) is 0.289. The van der Waals surface area contributed by atoms with E-state index in [9.17, 15) is 9.59 Å². The average molecular weight is 353 g/mol. The standard InChI is InChI=1S/C18H25ClN2O3/c1-18(2,3)24-17(23)21-10-12(11-21)8-14-9-13(6-7-15(14)19)16(22)20(4)5/h6-7,9,12H,8,10-11H2,1-5H3. The van der Waals surface area contributed by atoms with Gasteiger partial charge in [0.05, 0.1) is 0 Å². The molecule has 0 unspecified atom stereocenters. The number of ether oxygens (including phenoxy) is 1. The van der Waals surface area contributed by atoms with Crippen molar-refractivity contribution in [3.63, 3.8) is 0 Å². The molecule has 1 saturated heterocycles. The van der Waals surface area contributed by atoms with Crippen molar-refractivity contribution in [1.29, 1.82) is 0 Å². The first-order chi connectivity index (χ1) is 11.1. The van der Waals surface area contributed by atoms with Gasteiger partial charge in [0, 0.05) is 37.8 Å². The second kappa shape index (κ2) is 7.01. The van der Waals surface area contributed by atoms with Crippen LogP contribution in [0.15, 0.2) is 18.2 Å². The Kier molecular flexibility index (Phi) is 5.43. The van der Waals surface area contributed by atoms with Gasteiger partial charge in [-0.1, -0.05) is 11.6 Å². The van der Waals surface area contributed by atoms with E-state index in [1.807, 2.05) is 26.8 Å². The van der Waals surface area contributed by atoms with Crippen molar-refractivity contribution >= 4 is 23.6 Å². The second-order valence-corrected chi connectivity index (χ2v) is 7.87. The van der Waals surface area contributed by atoms with Gasteiger partial charge >= 0.3 is 6.09 Å². The molecular formula is C18H25ClN2O3. The van der Waals surface area contributed by atoms with Crippen LogP contribution in [0.1, 0.15) is 36.7 Å². The Labute approximate surface area is 148 Å². The number of amides is 2. The van der Waals surface area contributed by atoms with E-state index in [-0.39, 0.29) is 12.0 Å². The molecule has 2 amide bonds. The summed E-state index contributed by atoms with van der Waals surface area (Å²) < 4.78 is 5.35. The molecule has 1 aromatic carbocycles. The maximum atomic E-state index is 12.1. The number of likely N-dealkylation sites (tertiary alicyclic amines) is 1. The highest BCUT2D eigenvalue weighted by molar-refractivity contribution is 6.31. The van der Waals surface area contributed by atoms with Crippen molar-refractivity contribution in [2.45, 2.75) is 32.8 Å². The summed E-state index contributed by atoms with van der Waals surface area (Å²) in [7, 11) is 3.45. The predicted octanol–water partition coefficient (Wildman–Crippen LogP) is 3.45. The summed E-state index contributed by atoms with van der Waals surface area (Å²) >= 11 is 6.26. The lowest BCUT2D eigenvalue weighted by Crippen LogP contribution is -2.52. The number of hydrogen-bond donors (Lipinski definition) is 0. The molecule has 132 valence electrons. The third-order valence-corrected chi connectivity index (χ3v) is 4.19. The van der Waals surface area contributed by atoms with Crippen molar-refractivity contribution in [3.05, 3.63) is 34.3 Å². The first kappa shape index (κ1) is 18.6. The number of carbonyl (C=O) groups excluding carboxylic acids is 2. The van der Waals surface area contributed by atoms with Crippen LogP contribution in [-0.2, 0) is 11.2 Å². The summed E-state index contributed by atoms with van der Waals surface area (Å²) in [5.41, 5.74) is 1.09. The van der Waals surface area contributed by atoms with Gasteiger partial charge in [-0.05, 0) is 56.9 Å². The fourth-order valence-electron chi connectivity index (χ4n) is 2.61. The van der Waals surface area contributed by atoms with Crippen molar-refractivity contribution in [2.24, 2.45) is 5.92 Å². The Balaban J connectivity index is 1.95. The molecule has 1 aliphatic rings. The van der Waals surface area contributed by atoms with Gasteiger partial charge in [-0.2, -0.15) is 0 Å². The molecule has 0 N–H and O–H groups in total. The van der Waals surface area contributed by atoms with Crippen LogP contribution >= 0.6 is 11.6 Å². The van der Waals surface area contributed by atoms with E-state index in [2.05, 4.69) is 0 Å². The Morgan fingerprint density at radius 3 is 2.46 bits per heavy atom. The van der Waals surface area contributed by atoms with Gasteiger partial charge in [-0.25, -0.2) is 4.79 Å². The van der Waals surface area contributed by atoms with E-state index in [0.29, 0.717) is 29.6 Å². The number of benzene rings is 1. The van der Waals surface area contributed by atoms with E-state index in [1.54, 1.807) is 36.0 Å². The zero-order chi connectivity index (χ0) is 18.1. The van der Waals surface area contributed by atoms with Gasteiger partial charge in [0.25, 0.3) is 5.91 Å². The van der Waals surface area contributed by atoms with E-state index in [4.69, 9.17) is 16.3 Å². The van der Waals surface area contributed by atoms with Gasteiger partial charge in [0.15, 0.2) is 0 Å². The van der Waals surface area contributed by atoms with Crippen molar-refractivity contribution < 1.29 is 14.3 Å². The molecule has 1 aliphatic heterocycles. The molecule has 5 nitrogen and oxygen atoms in total. The number of rotatable bonds is 3. The molecule has 1 fully saturated rings. The maximum Gasteiger partial charge on any atom is 0.410 e. The van der Waals surface area contributed by atoms with Gasteiger partial charge < -0.3 is 14.5 Å². The van der Waals surface area contributed by atoms with Gasteiger partial charge in [0.1, 0.15) is 5.60 Å². The molecule has 0 spiro atoms. The van der Waals surface area contributed by atoms with Crippen LogP contribution in [-0.4, -0.2) is 54.6 Å². The molecule has 0 radical (unpaired) electrons. The summed E-state index contributed by atoms with van der Waals surface area (Å²) in [5, 5.41) is 0.654. The Hall–Kier alpha value is -1.75. The first-order valence-corrected chi connectivity index (χ1v) is 8.42. The van der Waals surface area contributed by atoms with Crippen LogP contribution in [0.5, 0.6) is 0 Å². The zero-order valence-electron chi connectivity index (χ0n) is 14.9. The summed E-state index contributed by atoms with van der Waals surface area (Å²) in [6.45, 7) is 6.87. The third kappa shape index (κ3) is 4.63. The highest BCUT2D eigenvalue weighted by atomic mass is 35.5. The highest BCUT2D eigenvalue weighted by Gasteiger charge is 2.34. The normalized spacial score (nSPS) is 15.0. The Morgan fingerprint density at radius 2 is 1.92 bits per heavy atom. The van der Waals surface area contributed by atoms with Crippen molar-refractivity contribution in [1.82, 2.24) is 9.80 Å². The summed E-state index contributed by atoms with van der Waals surface area (Å²) in [6, 6.07) is 5.35.